The summed E-state index contributed by atoms with van der Waals surface area (Å²) in [7, 11) is 0. The van der Waals surface area contributed by atoms with Gasteiger partial charge < -0.3 is 10.8 Å². The number of anilines is 1. The van der Waals surface area contributed by atoms with Gasteiger partial charge in [0.05, 0.1) is 14.8 Å². The molecule has 0 aliphatic heterocycles. The maximum atomic E-state index is 14.1. The van der Waals surface area contributed by atoms with E-state index in [4.69, 9.17) is 10.8 Å². The van der Waals surface area contributed by atoms with Crippen LogP contribution in [0.25, 0.3) is 11.3 Å². The third kappa shape index (κ3) is 3.21. The lowest BCUT2D eigenvalue weighted by molar-refractivity contribution is -0.139. The number of benzene rings is 1. The van der Waals surface area contributed by atoms with Gasteiger partial charge in [0, 0.05) is 5.56 Å². The second kappa shape index (κ2) is 5.91. The summed E-state index contributed by atoms with van der Waals surface area (Å²) in [4.78, 5) is 14.6. The van der Waals surface area contributed by atoms with Gasteiger partial charge in [-0.15, -0.1) is 0 Å². The van der Waals surface area contributed by atoms with Crippen molar-refractivity contribution >= 4 is 34.2 Å². The number of aromatic carboxylic acids is 1. The van der Waals surface area contributed by atoms with Gasteiger partial charge in [-0.05, 0) is 34.7 Å². The van der Waals surface area contributed by atoms with Crippen molar-refractivity contribution in [3.05, 3.63) is 44.7 Å². The fourth-order valence-electron chi connectivity index (χ4n) is 1.79. The second-order valence-electron chi connectivity index (χ2n) is 4.35. The summed E-state index contributed by atoms with van der Waals surface area (Å²) < 4.78 is 65.1. The van der Waals surface area contributed by atoms with Gasteiger partial charge in [-0.2, -0.15) is 13.2 Å². The molecule has 0 radical (unpaired) electrons. The number of pyridine rings is 1. The third-order valence-corrected chi connectivity index (χ3v) is 3.95. The highest BCUT2D eigenvalue weighted by Gasteiger charge is 2.34. The van der Waals surface area contributed by atoms with Crippen molar-refractivity contribution < 1.29 is 31.9 Å². The highest BCUT2D eigenvalue weighted by molar-refractivity contribution is 14.1. The van der Waals surface area contributed by atoms with Crippen molar-refractivity contribution in [3.63, 3.8) is 0 Å². The van der Waals surface area contributed by atoms with E-state index in [0.29, 0.717) is 12.1 Å². The Balaban J connectivity index is 2.68. The van der Waals surface area contributed by atoms with Crippen molar-refractivity contribution in [2.45, 2.75) is 6.18 Å². The second-order valence-corrected chi connectivity index (χ2v) is 5.43. The zero-order chi connectivity index (χ0) is 17.5. The van der Waals surface area contributed by atoms with Gasteiger partial charge in [-0.3, -0.25) is 0 Å². The number of nitrogens with two attached hydrogens (primary N) is 1. The van der Waals surface area contributed by atoms with Crippen molar-refractivity contribution in [1.29, 1.82) is 0 Å². The molecule has 0 saturated carbocycles. The summed E-state index contributed by atoms with van der Waals surface area (Å²) in [5.41, 5.74) is 1.78. The van der Waals surface area contributed by atoms with Crippen LogP contribution in [0.5, 0.6) is 0 Å². The van der Waals surface area contributed by atoms with E-state index in [2.05, 4.69) is 4.98 Å². The van der Waals surface area contributed by atoms with Crippen molar-refractivity contribution in [3.8, 4) is 11.3 Å². The summed E-state index contributed by atoms with van der Waals surface area (Å²) in [6.45, 7) is 0. The lowest BCUT2D eigenvalue weighted by Crippen LogP contribution is -2.11. The average Bonchev–Trinajstić information content (AvgIpc) is 2.43. The monoisotopic (exact) mass is 444 g/mol. The van der Waals surface area contributed by atoms with Crippen LogP contribution in [0.2, 0.25) is 0 Å². The van der Waals surface area contributed by atoms with E-state index in [1.807, 2.05) is 0 Å². The van der Waals surface area contributed by atoms with E-state index in [1.54, 1.807) is 0 Å². The van der Waals surface area contributed by atoms with Crippen LogP contribution in [0.15, 0.2) is 18.2 Å². The Hall–Kier alpha value is -1.98. The van der Waals surface area contributed by atoms with E-state index >= 15 is 0 Å². The maximum Gasteiger partial charge on any atom is 0.419 e. The van der Waals surface area contributed by atoms with Crippen LogP contribution in [-0.2, 0) is 6.18 Å². The van der Waals surface area contributed by atoms with Gasteiger partial charge in [0.1, 0.15) is 11.5 Å². The first-order valence-electron chi connectivity index (χ1n) is 5.79. The largest absolute Gasteiger partial charge is 0.476 e. The van der Waals surface area contributed by atoms with Crippen LogP contribution in [0.4, 0.5) is 27.6 Å². The standard InChI is InChI=1S/C13H6F5IN2O2/c14-6-3-4(1-2-5(6)13(16,17)18)10-7(15)9(20)8(19)11(21-10)12(22)23/h1-3H,(H2,20,21)(H,22,23). The number of hydrogen-bond acceptors (Lipinski definition) is 3. The molecule has 0 saturated heterocycles. The Morgan fingerprint density at radius 3 is 2.35 bits per heavy atom. The first-order chi connectivity index (χ1) is 10.5. The molecule has 4 nitrogen and oxygen atoms in total. The first kappa shape index (κ1) is 17.4. The summed E-state index contributed by atoms with van der Waals surface area (Å²) >= 11 is 1.47. The van der Waals surface area contributed by atoms with E-state index in [-0.39, 0.29) is 9.13 Å². The van der Waals surface area contributed by atoms with Crippen molar-refractivity contribution in [1.82, 2.24) is 4.98 Å². The summed E-state index contributed by atoms with van der Waals surface area (Å²) in [5, 5.41) is 8.99. The molecule has 0 fully saturated rings. The zero-order valence-electron chi connectivity index (χ0n) is 10.9. The number of rotatable bonds is 2. The third-order valence-electron chi connectivity index (χ3n) is 2.86. The highest BCUT2D eigenvalue weighted by Crippen LogP contribution is 2.35. The lowest BCUT2D eigenvalue weighted by atomic mass is 10.1. The van der Waals surface area contributed by atoms with Crippen LogP contribution < -0.4 is 5.73 Å². The Morgan fingerprint density at radius 1 is 1.26 bits per heavy atom. The van der Waals surface area contributed by atoms with Gasteiger partial charge in [0.25, 0.3) is 0 Å². The molecule has 1 aromatic carbocycles. The topological polar surface area (TPSA) is 76.2 Å². The molecular weight excluding hydrogens is 438 g/mol. The quantitative estimate of drug-likeness (QED) is 0.544. The molecule has 23 heavy (non-hydrogen) atoms. The number of alkyl halides is 3. The SMILES string of the molecule is Nc1c(F)c(-c2ccc(C(F)(F)F)c(F)c2)nc(C(=O)O)c1I. The first-order valence-corrected chi connectivity index (χ1v) is 6.86. The molecule has 0 aliphatic rings. The van der Waals surface area contributed by atoms with E-state index in [0.717, 1.165) is 6.07 Å². The van der Waals surface area contributed by atoms with Gasteiger partial charge in [0.15, 0.2) is 11.5 Å². The number of carboxylic acid groups (broad SMARTS) is 1. The van der Waals surface area contributed by atoms with Gasteiger partial charge in [-0.1, -0.05) is 6.07 Å². The Morgan fingerprint density at radius 2 is 1.87 bits per heavy atom. The fraction of sp³-hybridized carbons (Fsp3) is 0.0769. The number of carbonyl (C=O) groups is 1. The molecule has 1 aromatic heterocycles. The Labute approximate surface area is 139 Å². The van der Waals surface area contributed by atoms with Crippen LogP contribution in [0, 0.1) is 15.2 Å². The van der Waals surface area contributed by atoms with E-state index in [9.17, 15) is 26.7 Å². The molecule has 122 valence electrons. The molecule has 2 rings (SSSR count). The smallest absolute Gasteiger partial charge is 0.419 e. The number of hydrogen-bond donors (Lipinski definition) is 2. The summed E-state index contributed by atoms with van der Waals surface area (Å²) in [5.74, 6) is -4.28. The fourth-order valence-corrected chi connectivity index (χ4v) is 2.37. The molecule has 3 N–H and O–H groups in total. The van der Waals surface area contributed by atoms with Gasteiger partial charge >= 0.3 is 12.1 Å². The molecule has 0 unspecified atom stereocenters. The molecule has 1 heterocycles. The normalized spacial score (nSPS) is 11.6. The molecule has 0 spiro atoms. The number of carboxylic acids is 1. The molecule has 2 aromatic rings. The minimum Gasteiger partial charge on any atom is -0.476 e. The summed E-state index contributed by atoms with van der Waals surface area (Å²) in [6.07, 6.45) is -4.91. The predicted octanol–water partition coefficient (Wildman–Crippen LogP) is 3.93. The molecule has 0 bridgehead atoms. The van der Waals surface area contributed by atoms with Gasteiger partial charge in [0.2, 0.25) is 0 Å². The van der Waals surface area contributed by atoms with Crippen LogP contribution in [0.3, 0.4) is 0 Å². The van der Waals surface area contributed by atoms with Gasteiger partial charge in [-0.25, -0.2) is 18.6 Å². The lowest BCUT2D eigenvalue weighted by Gasteiger charge is -2.12. The average molecular weight is 444 g/mol. The van der Waals surface area contributed by atoms with Crippen LogP contribution >= 0.6 is 22.6 Å². The van der Waals surface area contributed by atoms with Crippen molar-refractivity contribution in [2.75, 3.05) is 5.73 Å². The minimum atomic E-state index is -4.91. The van der Waals surface area contributed by atoms with Crippen molar-refractivity contribution in [2.24, 2.45) is 0 Å². The number of nitrogens with zero attached hydrogens (tertiary/aromatic N) is 1. The molecular formula is C13H6F5IN2O2. The number of aromatic nitrogens is 1. The Bertz CT molecular complexity index is 808. The number of nitrogen functional groups attached to an aromatic ring is 1. The van der Waals surface area contributed by atoms with E-state index in [1.165, 1.54) is 22.6 Å². The van der Waals surface area contributed by atoms with E-state index < -0.39 is 46.4 Å². The Kier molecular flexibility index (Phi) is 4.46. The molecule has 0 atom stereocenters. The highest BCUT2D eigenvalue weighted by atomic mass is 127. The zero-order valence-corrected chi connectivity index (χ0v) is 13.0. The predicted molar refractivity (Wildman–Crippen MR) is 78.7 cm³/mol. The molecule has 0 aliphatic carbocycles. The summed E-state index contributed by atoms with van der Waals surface area (Å²) in [6, 6.07) is 1.63. The van der Waals surface area contributed by atoms with Crippen LogP contribution in [-0.4, -0.2) is 16.1 Å². The molecule has 10 heteroatoms. The maximum absolute atomic E-state index is 14.1. The molecule has 0 amide bonds. The minimum absolute atomic E-state index is 0.163. The number of halogens is 6. The van der Waals surface area contributed by atoms with Crippen LogP contribution in [0.1, 0.15) is 16.1 Å².